The van der Waals surface area contributed by atoms with Crippen LogP contribution in [0.4, 0.5) is 0 Å². The third-order valence-corrected chi connectivity index (χ3v) is 2.56. The normalized spacial score (nSPS) is 10.4. The average Bonchev–Trinajstić information content (AvgIpc) is 2.37. The van der Waals surface area contributed by atoms with Crippen molar-refractivity contribution in [2.45, 2.75) is 13.8 Å². The van der Waals surface area contributed by atoms with Gasteiger partial charge in [-0.1, -0.05) is 12.1 Å². The topological polar surface area (TPSA) is 60.4 Å². The van der Waals surface area contributed by atoms with Gasteiger partial charge < -0.3 is 4.74 Å². The van der Waals surface area contributed by atoms with Crippen LogP contribution in [0.15, 0.2) is 30.4 Å². The summed E-state index contributed by atoms with van der Waals surface area (Å²) < 4.78 is 4.33. The van der Waals surface area contributed by atoms with E-state index in [0.717, 1.165) is 23.3 Å². The number of hydrogen-bond donors (Lipinski definition) is 0. The number of carbonyl (C=O) groups is 3. The number of methoxy groups -OCH3 is 1. The molecule has 4 nitrogen and oxygen atoms in total. The average molecular weight is 246 g/mol. The molecule has 0 unspecified atom stereocenters. The van der Waals surface area contributed by atoms with Gasteiger partial charge >= 0.3 is 5.97 Å². The number of rotatable bonds is 4. The Morgan fingerprint density at radius 1 is 1.06 bits per heavy atom. The molecule has 0 saturated carbocycles. The van der Waals surface area contributed by atoms with Crippen molar-refractivity contribution in [2.75, 3.05) is 7.11 Å². The summed E-state index contributed by atoms with van der Waals surface area (Å²) in [4.78, 5) is 34.1. The monoisotopic (exact) mass is 246 g/mol. The van der Waals surface area contributed by atoms with E-state index in [0.29, 0.717) is 5.56 Å². The van der Waals surface area contributed by atoms with E-state index in [1.54, 1.807) is 18.2 Å². The third-order valence-electron chi connectivity index (χ3n) is 2.56. The molecule has 0 N–H and O–H groups in total. The number of aryl methyl sites for hydroxylation is 2. The first-order valence-corrected chi connectivity index (χ1v) is 5.37. The van der Waals surface area contributed by atoms with Crippen LogP contribution in [0.2, 0.25) is 0 Å². The molecule has 0 aliphatic rings. The Labute approximate surface area is 105 Å². The minimum atomic E-state index is -0.747. The number of esters is 1. The predicted octanol–water partition coefficient (Wildman–Crippen LogP) is 1.78. The molecule has 4 heteroatoms. The molecule has 0 heterocycles. The number of benzene rings is 1. The van der Waals surface area contributed by atoms with Crippen molar-refractivity contribution in [2.24, 2.45) is 0 Å². The molecule has 0 atom stereocenters. The molecule has 0 bridgehead atoms. The summed E-state index contributed by atoms with van der Waals surface area (Å²) in [6.45, 7) is 3.78. The zero-order valence-electron chi connectivity index (χ0n) is 10.5. The van der Waals surface area contributed by atoms with Gasteiger partial charge in [0.1, 0.15) is 0 Å². The van der Waals surface area contributed by atoms with Gasteiger partial charge in [0.25, 0.3) is 0 Å². The van der Waals surface area contributed by atoms with Crippen molar-refractivity contribution in [3.8, 4) is 0 Å². The molecule has 0 aliphatic heterocycles. The molecule has 0 aromatic heterocycles. The predicted molar refractivity (Wildman–Crippen MR) is 66.4 cm³/mol. The van der Waals surface area contributed by atoms with Gasteiger partial charge in [-0.05, 0) is 37.1 Å². The van der Waals surface area contributed by atoms with Gasteiger partial charge in [-0.2, -0.15) is 0 Å². The molecular formula is C14H14O4. The van der Waals surface area contributed by atoms with Crippen molar-refractivity contribution < 1.29 is 19.1 Å². The summed E-state index contributed by atoms with van der Waals surface area (Å²) in [7, 11) is 1.20. The Morgan fingerprint density at radius 3 is 2.28 bits per heavy atom. The highest BCUT2D eigenvalue weighted by molar-refractivity contribution is 6.47. The van der Waals surface area contributed by atoms with Gasteiger partial charge in [-0.25, -0.2) is 4.79 Å². The Morgan fingerprint density at radius 2 is 1.72 bits per heavy atom. The van der Waals surface area contributed by atoms with E-state index < -0.39 is 17.5 Å². The second-order valence-electron chi connectivity index (χ2n) is 3.85. The second kappa shape index (κ2) is 5.91. The molecule has 1 aromatic rings. The summed E-state index contributed by atoms with van der Waals surface area (Å²) in [5, 5.41) is 0. The largest absolute Gasteiger partial charge is 0.466 e. The van der Waals surface area contributed by atoms with Crippen LogP contribution in [-0.4, -0.2) is 24.6 Å². The zero-order chi connectivity index (χ0) is 13.7. The van der Waals surface area contributed by atoms with Crippen LogP contribution < -0.4 is 0 Å². The molecule has 0 radical (unpaired) electrons. The maximum absolute atomic E-state index is 11.8. The molecule has 0 aliphatic carbocycles. The van der Waals surface area contributed by atoms with Gasteiger partial charge in [-0.3, -0.25) is 9.59 Å². The third kappa shape index (κ3) is 3.38. The highest BCUT2D eigenvalue weighted by atomic mass is 16.5. The first-order valence-electron chi connectivity index (χ1n) is 5.37. The summed E-state index contributed by atoms with van der Waals surface area (Å²) in [5.74, 6) is -2.06. The van der Waals surface area contributed by atoms with E-state index in [1.165, 1.54) is 7.11 Å². The van der Waals surface area contributed by atoms with Crippen molar-refractivity contribution in [1.29, 1.82) is 0 Å². The zero-order valence-corrected chi connectivity index (χ0v) is 10.5. The van der Waals surface area contributed by atoms with Crippen LogP contribution in [-0.2, 0) is 14.3 Å². The van der Waals surface area contributed by atoms with Gasteiger partial charge in [0.15, 0.2) is 0 Å². The van der Waals surface area contributed by atoms with Crippen molar-refractivity contribution in [1.82, 2.24) is 0 Å². The fraction of sp³-hybridized carbons (Fsp3) is 0.214. The van der Waals surface area contributed by atoms with Crippen molar-refractivity contribution in [3.05, 3.63) is 47.0 Å². The number of Topliss-reactive ketones (excluding diaryl/α,β-unsaturated/α-hetero) is 1. The summed E-state index contributed by atoms with van der Waals surface area (Å²) in [5.41, 5.74) is 2.30. The van der Waals surface area contributed by atoms with Gasteiger partial charge in [-0.15, -0.1) is 0 Å². The Bertz CT molecular complexity index is 527. The highest BCUT2D eigenvalue weighted by Crippen LogP contribution is 2.10. The van der Waals surface area contributed by atoms with E-state index >= 15 is 0 Å². The van der Waals surface area contributed by atoms with Gasteiger partial charge in [0.05, 0.1) is 7.11 Å². The first kappa shape index (κ1) is 13.8. The van der Waals surface area contributed by atoms with Gasteiger partial charge in [0, 0.05) is 11.6 Å². The summed E-state index contributed by atoms with van der Waals surface area (Å²) in [6.07, 6.45) is 1.85. The van der Waals surface area contributed by atoms with E-state index in [1.807, 2.05) is 13.8 Å². The van der Waals surface area contributed by atoms with Gasteiger partial charge in [0.2, 0.25) is 11.6 Å². The lowest BCUT2D eigenvalue weighted by Crippen LogP contribution is -2.12. The molecule has 0 spiro atoms. The second-order valence-corrected chi connectivity index (χ2v) is 3.85. The lowest BCUT2D eigenvalue weighted by atomic mass is 10.0. The van der Waals surface area contributed by atoms with Crippen LogP contribution in [0.5, 0.6) is 0 Å². The van der Waals surface area contributed by atoms with Crippen LogP contribution in [0.25, 0.3) is 0 Å². The number of carbonyl (C=O) groups excluding carboxylic acids is 3. The highest BCUT2D eigenvalue weighted by Gasteiger charge is 2.14. The molecule has 94 valence electrons. The van der Waals surface area contributed by atoms with Crippen LogP contribution in [0.3, 0.4) is 0 Å². The van der Waals surface area contributed by atoms with E-state index in [2.05, 4.69) is 4.74 Å². The fourth-order valence-corrected chi connectivity index (χ4v) is 1.31. The molecule has 0 amide bonds. The lowest BCUT2D eigenvalue weighted by Gasteiger charge is -2.02. The number of allylic oxidation sites excluding steroid dienone is 1. The van der Waals surface area contributed by atoms with Crippen LogP contribution in [0.1, 0.15) is 21.5 Å². The minimum Gasteiger partial charge on any atom is -0.466 e. The van der Waals surface area contributed by atoms with E-state index in [9.17, 15) is 14.4 Å². The standard InChI is InChI=1S/C14H14O4/c1-9-4-5-11(8-10(9)2)14(17)12(15)6-7-13(16)18-3/h4-8H,1-3H3/b7-6+. The van der Waals surface area contributed by atoms with Crippen LogP contribution in [0, 0.1) is 13.8 Å². The molecule has 0 fully saturated rings. The SMILES string of the molecule is COC(=O)/C=C/C(=O)C(=O)c1ccc(C)c(C)c1. The molecule has 1 aromatic carbocycles. The van der Waals surface area contributed by atoms with Crippen LogP contribution >= 0.6 is 0 Å². The molecular weight excluding hydrogens is 232 g/mol. The van der Waals surface area contributed by atoms with Crippen molar-refractivity contribution in [3.63, 3.8) is 0 Å². The molecule has 0 saturated heterocycles. The number of hydrogen-bond acceptors (Lipinski definition) is 4. The number of ketones is 2. The molecule has 1 rings (SSSR count). The number of ether oxygens (including phenoxy) is 1. The van der Waals surface area contributed by atoms with E-state index in [-0.39, 0.29) is 0 Å². The Kier molecular flexibility index (Phi) is 4.54. The molecule has 18 heavy (non-hydrogen) atoms. The maximum atomic E-state index is 11.8. The maximum Gasteiger partial charge on any atom is 0.330 e. The quantitative estimate of drug-likeness (QED) is 0.351. The fourth-order valence-electron chi connectivity index (χ4n) is 1.31. The van der Waals surface area contributed by atoms with Crippen molar-refractivity contribution >= 4 is 17.5 Å². The first-order chi connectivity index (χ1) is 8.45. The Balaban J connectivity index is 2.87. The summed E-state index contributed by atoms with van der Waals surface area (Å²) >= 11 is 0. The smallest absolute Gasteiger partial charge is 0.330 e. The summed E-state index contributed by atoms with van der Waals surface area (Å²) in [6, 6.07) is 5.02. The Hall–Kier alpha value is -2.23. The minimum absolute atomic E-state index is 0.317. The lowest BCUT2D eigenvalue weighted by molar-refractivity contribution is -0.135. The van der Waals surface area contributed by atoms with E-state index in [4.69, 9.17) is 0 Å².